The molecule has 1 aliphatic heterocycles. The Morgan fingerprint density at radius 1 is 1.19 bits per heavy atom. The Bertz CT molecular complexity index is 941. The molecule has 26 heavy (non-hydrogen) atoms. The Kier molecular flexibility index (Phi) is 4.63. The molecule has 5 nitrogen and oxygen atoms in total. The maximum Gasteiger partial charge on any atom is 0.227 e. The van der Waals surface area contributed by atoms with Crippen molar-refractivity contribution in [2.75, 3.05) is 19.7 Å². The highest BCUT2D eigenvalue weighted by Gasteiger charge is 2.27. The van der Waals surface area contributed by atoms with Gasteiger partial charge in [-0.2, -0.15) is 0 Å². The van der Waals surface area contributed by atoms with Crippen molar-refractivity contribution >= 4 is 16.7 Å². The maximum atomic E-state index is 12.8. The summed E-state index contributed by atoms with van der Waals surface area (Å²) in [6, 6.07) is 16.2. The Morgan fingerprint density at radius 2 is 2.04 bits per heavy atom. The lowest BCUT2D eigenvalue weighted by atomic mass is 10.0. The molecule has 1 atom stereocenters. The van der Waals surface area contributed by atoms with Crippen LogP contribution in [0.25, 0.3) is 10.8 Å². The zero-order valence-electron chi connectivity index (χ0n) is 14.8. The maximum absolute atomic E-state index is 12.8. The second-order valence-corrected chi connectivity index (χ2v) is 6.61. The third-order valence-corrected chi connectivity index (χ3v) is 4.69. The Hall–Kier alpha value is -2.79. The second-order valence-electron chi connectivity index (χ2n) is 6.61. The van der Waals surface area contributed by atoms with E-state index in [0.717, 1.165) is 16.6 Å². The molecular weight excluding hydrogens is 326 g/mol. The van der Waals surface area contributed by atoms with Gasteiger partial charge in [-0.25, -0.2) is 9.97 Å². The average Bonchev–Trinajstić information content (AvgIpc) is 2.68. The number of hydrogen-bond acceptors (Lipinski definition) is 4. The Morgan fingerprint density at radius 3 is 2.88 bits per heavy atom. The molecule has 1 aromatic heterocycles. The first kappa shape index (κ1) is 16.7. The zero-order chi connectivity index (χ0) is 17.9. The van der Waals surface area contributed by atoms with E-state index in [1.807, 2.05) is 36.1 Å². The van der Waals surface area contributed by atoms with Crippen LogP contribution in [-0.4, -0.2) is 40.5 Å². The first-order valence-electron chi connectivity index (χ1n) is 8.86. The molecule has 132 valence electrons. The molecule has 1 saturated heterocycles. The molecule has 0 unspecified atom stereocenters. The predicted octanol–water partition coefficient (Wildman–Crippen LogP) is 3.08. The van der Waals surface area contributed by atoms with Crippen molar-refractivity contribution < 1.29 is 9.53 Å². The molecule has 5 heteroatoms. The summed E-state index contributed by atoms with van der Waals surface area (Å²) in [5.74, 6) is 0.759. The van der Waals surface area contributed by atoms with Crippen LogP contribution < -0.4 is 0 Å². The first-order valence-corrected chi connectivity index (χ1v) is 8.86. The molecule has 0 bridgehead atoms. The number of nitrogens with zero attached hydrogens (tertiary/aromatic N) is 3. The van der Waals surface area contributed by atoms with Gasteiger partial charge in [0.15, 0.2) is 5.82 Å². The number of carbonyl (C=O) groups excluding carboxylic acids is 1. The van der Waals surface area contributed by atoms with Gasteiger partial charge in [-0.05, 0) is 29.3 Å². The lowest BCUT2D eigenvalue weighted by Crippen LogP contribution is -2.43. The Labute approximate surface area is 152 Å². The van der Waals surface area contributed by atoms with Crippen LogP contribution in [0.3, 0.4) is 0 Å². The SMILES string of the molecule is Cc1ccnc([C@@H]2CN(C(=O)Cc3ccc4ccccc4c3)CCO2)n1. The number of amides is 1. The fourth-order valence-corrected chi connectivity index (χ4v) is 3.29. The number of benzene rings is 2. The van der Waals surface area contributed by atoms with Gasteiger partial charge in [-0.3, -0.25) is 4.79 Å². The molecule has 0 radical (unpaired) electrons. The van der Waals surface area contributed by atoms with Gasteiger partial charge in [-0.15, -0.1) is 0 Å². The lowest BCUT2D eigenvalue weighted by molar-refractivity contribution is -0.138. The molecule has 0 N–H and O–H groups in total. The van der Waals surface area contributed by atoms with Crippen LogP contribution in [0.4, 0.5) is 0 Å². The number of ether oxygens (including phenoxy) is 1. The fourth-order valence-electron chi connectivity index (χ4n) is 3.29. The van der Waals surface area contributed by atoms with E-state index in [4.69, 9.17) is 4.74 Å². The standard InChI is InChI=1S/C21H21N3O2/c1-15-8-9-22-21(23-15)19-14-24(10-11-26-19)20(25)13-16-6-7-17-4-2-3-5-18(17)12-16/h2-9,12,19H,10-11,13-14H2,1H3/t19-/m0/s1. The first-order chi connectivity index (χ1) is 12.7. The Balaban J connectivity index is 1.46. The van der Waals surface area contributed by atoms with Crippen molar-refractivity contribution in [3.8, 4) is 0 Å². The van der Waals surface area contributed by atoms with Crippen LogP contribution >= 0.6 is 0 Å². The van der Waals surface area contributed by atoms with Crippen molar-refractivity contribution in [3.05, 3.63) is 71.8 Å². The van der Waals surface area contributed by atoms with Gasteiger partial charge < -0.3 is 9.64 Å². The van der Waals surface area contributed by atoms with E-state index in [1.165, 1.54) is 5.39 Å². The largest absolute Gasteiger partial charge is 0.367 e. The third kappa shape index (κ3) is 3.58. The number of aromatic nitrogens is 2. The molecule has 1 fully saturated rings. The molecule has 1 aliphatic rings. The summed E-state index contributed by atoms with van der Waals surface area (Å²) < 4.78 is 5.79. The molecule has 3 aromatic rings. The highest BCUT2D eigenvalue weighted by molar-refractivity contribution is 5.85. The van der Waals surface area contributed by atoms with Crippen LogP contribution in [0.5, 0.6) is 0 Å². The molecule has 2 aromatic carbocycles. The quantitative estimate of drug-likeness (QED) is 0.731. The van der Waals surface area contributed by atoms with Crippen LogP contribution in [0.2, 0.25) is 0 Å². The number of rotatable bonds is 3. The number of fused-ring (bicyclic) bond motifs is 1. The van der Waals surface area contributed by atoms with E-state index >= 15 is 0 Å². The number of morpholine rings is 1. The summed E-state index contributed by atoms with van der Waals surface area (Å²) in [5.41, 5.74) is 1.93. The summed E-state index contributed by atoms with van der Waals surface area (Å²) in [4.78, 5) is 23.4. The minimum Gasteiger partial charge on any atom is -0.367 e. The van der Waals surface area contributed by atoms with Gasteiger partial charge >= 0.3 is 0 Å². The number of aryl methyl sites for hydroxylation is 1. The van der Waals surface area contributed by atoms with Crippen LogP contribution in [0, 0.1) is 6.92 Å². The minimum atomic E-state index is -0.260. The van der Waals surface area contributed by atoms with Gasteiger partial charge in [0, 0.05) is 18.4 Å². The molecule has 1 amide bonds. The van der Waals surface area contributed by atoms with Crippen LogP contribution in [0.15, 0.2) is 54.7 Å². The smallest absolute Gasteiger partial charge is 0.227 e. The van der Waals surface area contributed by atoms with E-state index in [9.17, 15) is 4.79 Å². The monoisotopic (exact) mass is 347 g/mol. The number of hydrogen-bond donors (Lipinski definition) is 0. The van der Waals surface area contributed by atoms with Crippen LogP contribution in [-0.2, 0) is 16.0 Å². The molecule has 4 rings (SSSR count). The van der Waals surface area contributed by atoms with Gasteiger partial charge in [0.25, 0.3) is 0 Å². The number of carbonyl (C=O) groups is 1. The molecule has 0 aliphatic carbocycles. The normalized spacial score (nSPS) is 17.4. The van der Waals surface area contributed by atoms with Crippen LogP contribution in [0.1, 0.15) is 23.2 Å². The molecular formula is C21H21N3O2. The van der Waals surface area contributed by atoms with E-state index in [1.54, 1.807) is 6.20 Å². The van der Waals surface area contributed by atoms with E-state index in [0.29, 0.717) is 31.9 Å². The van der Waals surface area contributed by atoms with E-state index in [-0.39, 0.29) is 12.0 Å². The van der Waals surface area contributed by atoms with E-state index in [2.05, 4.69) is 34.2 Å². The summed E-state index contributed by atoms with van der Waals surface area (Å²) in [7, 11) is 0. The summed E-state index contributed by atoms with van der Waals surface area (Å²) in [6.07, 6.45) is 1.87. The summed E-state index contributed by atoms with van der Waals surface area (Å²) in [6.45, 7) is 3.53. The van der Waals surface area contributed by atoms with Crippen molar-refractivity contribution in [1.29, 1.82) is 0 Å². The minimum absolute atomic E-state index is 0.112. The molecule has 0 saturated carbocycles. The van der Waals surface area contributed by atoms with E-state index < -0.39 is 0 Å². The van der Waals surface area contributed by atoms with Gasteiger partial charge in [-0.1, -0.05) is 42.5 Å². The second kappa shape index (κ2) is 7.22. The highest BCUT2D eigenvalue weighted by atomic mass is 16.5. The molecule has 0 spiro atoms. The van der Waals surface area contributed by atoms with Crippen molar-refractivity contribution in [2.24, 2.45) is 0 Å². The fraction of sp³-hybridized carbons (Fsp3) is 0.286. The van der Waals surface area contributed by atoms with Crippen molar-refractivity contribution in [2.45, 2.75) is 19.4 Å². The van der Waals surface area contributed by atoms with Crippen molar-refractivity contribution in [1.82, 2.24) is 14.9 Å². The zero-order valence-corrected chi connectivity index (χ0v) is 14.8. The van der Waals surface area contributed by atoms with Crippen molar-refractivity contribution in [3.63, 3.8) is 0 Å². The molecule has 2 heterocycles. The topological polar surface area (TPSA) is 55.3 Å². The predicted molar refractivity (Wildman–Crippen MR) is 99.7 cm³/mol. The summed E-state index contributed by atoms with van der Waals surface area (Å²) >= 11 is 0. The summed E-state index contributed by atoms with van der Waals surface area (Å²) in [5, 5.41) is 2.34. The average molecular weight is 347 g/mol. The highest BCUT2D eigenvalue weighted by Crippen LogP contribution is 2.21. The van der Waals surface area contributed by atoms with Gasteiger partial charge in [0.2, 0.25) is 5.91 Å². The van der Waals surface area contributed by atoms with Gasteiger partial charge in [0.1, 0.15) is 6.10 Å². The third-order valence-electron chi connectivity index (χ3n) is 4.69. The van der Waals surface area contributed by atoms with Gasteiger partial charge in [0.05, 0.1) is 19.6 Å². The lowest BCUT2D eigenvalue weighted by Gasteiger charge is -2.32.